The molecule has 2 unspecified atom stereocenters. The SMILES string of the molecule is C.C.C.C.C.C.CCC(C)C(=O)Nc1ccc(S(=O)(=O)O)cc1.CCC(C)c1ccccc1.CCCCC.CCCCCCCCCc1c(C)cc(OCCCCCCS(=O)(=O)O)cc1CC.CCSS(=O)(=O)O.CCc1ccc(C)c2ccccc12.CCc1ccc(C)c2ccccc12.CCc1ccc(C)c2ccccc12.CCc1cccc(C)c1OS(=O)(=O)O.CS(=O)(=O)O.CS(=O)(=O)O.CS(=O)(=O)O. The normalized spacial score (nSPS) is 11.0. The zero-order chi connectivity index (χ0) is 104. The first-order chi connectivity index (χ1) is 63.4. The van der Waals surface area contributed by atoms with Crippen molar-refractivity contribution in [1.29, 1.82) is 0 Å². The Morgan fingerprint density at radius 1 is 0.366 bits per heavy atom. The van der Waals surface area contributed by atoms with Crippen molar-refractivity contribution in [2.75, 3.05) is 42.2 Å². The molecule has 0 fully saturated rings. The first-order valence-electron chi connectivity index (χ1n) is 46.1. The maximum Gasteiger partial charge on any atom is 0.446 e. The number of amides is 1. The average Bonchev–Trinajstić information content (AvgIpc) is 0.850. The summed E-state index contributed by atoms with van der Waals surface area (Å²) in [5, 5.41) is 11.0. The molecule has 10 aromatic carbocycles. The largest absolute Gasteiger partial charge is 0.494 e. The van der Waals surface area contributed by atoms with E-state index in [0.29, 0.717) is 71.9 Å². The Kier molecular flexibility index (Phi) is 84.0. The topological polar surface area (TPSA) is 428 Å². The van der Waals surface area contributed by atoms with Gasteiger partial charge in [-0.25, -0.2) is 0 Å². The van der Waals surface area contributed by atoms with Crippen LogP contribution in [-0.2, 0) is 113 Å². The van der Waals surface area contributed by atoms with Crippen molar-refractivity contribution >= 4 is 125 Å². The highest BCUT2D eigenvalue weighted by molar-refractivity contribution is 8.69. The maximum atomic E-state index is 11.5. The number of aryl methyl sites for hydroxylation is 10. The summed E-state index contributed by atoms with van der Waals surface area (Å²) in [5.41, 5.74) is 16.1. The number of unbranched alkanes of at least 4 members (excludes halogenated alkanes) is 11. The number of fused-ring (bicyclic) bond motifs is 3. The van der Waals surface area contributed by atoms with Crippen LogP contribution in [0.3, 0.4) is 0 Å². The lowest BCUT2D eigenvalue weighted by Crippen LogP contribution is -2.19. The van der Waals surface area contributed by atoms with Crippen LogP contribution in [0.2, 0.25) is 0 Å². The van der Waals surface area contributed by atoms with E-state index in [1.807, 2.05) is 26.8 Å². The summed E-state index contributed by atoms with van der Waals surface area (Å²) in [6, 6.07) is 64.8. The van der Waals surface area contributed by atoms with Gasteiger partial charge in [0.15, 0.2) is 5.75 Å². The second-order valence-electron chi connectivity index (χ2n) is 32.3. The minimum absolute atomic E-state index is 0. The number of hydrogen-bond donors (Lipinski definition) is 8. The average molecular weight is 2140 g/mol. The molecule has 25 nitrogen and oxygen atoms in total. The lowest BCUT2D eigenvalue weighted by atomic mass is 9.94. The minimum Gasteiger partial charge on any atom is -0.494 e. The Morgan fingerprint density at radius 2 is 0.732 bits per heavy atom. The van der Waals surface area contributed by atoms with Gasteiger partial charge in [0.05, 0.1) is 36.0 Å². The predicted molar refractivity (Wildman–Crippen MR) is 607 cm³/mol. The number of carbonyl (C=O) groups is 1. The highest BCUT2D eigenvalue weighted by Gasteiger charge is 2.16. The monoisotopic (exact) mass is 2140 g/mol. The quantitative estimate of drug-likeness (QED) is 0.0108. The number of para-hydroxylation sites is 1. The van der Waals surface area contributed by atoms with Crippen molar-refractivity contribution < 1.29 is 105 Å². The number of anilines is 1. The van der Waals surface area contributed by atoms with Gasteiger partial charge in [-0.2, -0.15) is 58.9 Å². The summed E-state index contributed by atoms with van der Waals surface area (Å²) in [7, 11) is -26.7. The molecule has 1 amide bonds. The number of ether oxygens (including phenoxy) is 1. The lowest BCUT2D eigenvalue weighted by molar-refractivity contribution is -0.119. The van der Waals surface area contributed by atoms with Gasteiger partial charge in [-0.1, -0.05) is 363 Å². The number of nitrogens with one attached hydrogen (secondary N) is 1. The van der Waals surface area contributed by atoms with Crippen molar-refractivity contribution in [1.82, 2.24) is 0 Å². The molecule has 10 rings (SSSR count). The molecule has 0 heterocycles. The molecule has 812 valence electrons. The van der Waals surface area contributed by atoms with Crippen LogP contribution in [0, 0.1) is 40.5 Å². The first-order valence-corrected chi connectivity index (χ1v) is 59.0. The van der Waals surface area contributed by atoms with E-state index >= 15 is 0 Å². The molecule has 2 atom stereocenters. The van der Waals surface area contributed by atoms with E-state index in [1.54, 1.807) is 26.0 Å². The highest BCUT2D eigenvalue weighted by Crippen LogP contribution is 2.30. The van der Waals surface area contributed by atoms with Crippen LogP contribution in [0.25, 0.3) is 32.3 Å². The lowest BCUT2D eigenvalue weighted by Gasteiger charge is -2.15. The van der Waals surface area contributed by atoms with Gasteiger partial charge in [0.2, 0.25) is 5.91 Å². The molecular weight excluding hydrogens is 1960 g/mol. The summed E-state index contributed by atoms with van der Waals surface area (Å²) in [6.45, 7) is 38.3. The molecule has 10 aromatic rings. The van der Waals surface area contributed by atoms with Crippen molar-refractivity contribution in [3.8, 4) is 11.5 Å². The summed E-state index contributed by atoms with van der Waals surface area (Å²) in [4.78, 5) is 11.4. The van der Waals surface area contributed by atoms with Crippen molar-refractivity contribution in [2.24, 2.45) is 5.92 Å². The van der Waals surface area contributed by atoms with Crippen LogP contribution in [0.5, 0.6) is 11.5 Å². The zero-order valence-electron chi connectivity index (χ0n) is 83.6. The van der Waals surface area contributed by atoms with Crippen molar-refractivity contribution in [2.45, 2.75) is 321 Å². The van der Waals surface area contributed by atoms with Crippen molar-refractivity contribution in [3.05, 3.63) is 261 Å². The Bertz CT molecular complexity index is 5650. The van der Waals surface area contributed by atoms with Gasteiger partial charge in [0.25, 0.3) is 50.6 Å². The second kappa shape index (κ2) is 80.0. The van der Waals surface area contributed by atoms with E-state index < -0.39 is 70.1 Å². The van der Waals surface area contributed by atoms with Gasteiger partial charge in [0, 0.05) is 17.4 Å². The van der Waals surface area contributed by atoms with Crippen LogP contribution < -0.4 is 14.2 Å². The fraction of sp³-hybridized carbons (Fsp3) is 0.495. The maximum absolute atomic E-state index is 11.5. The third-order valence-electron chi connectivity index (χ3n) is 20.7. The molecule has 0 saturated carbocycles. The Hall–Kier alpha value is -8.23. The molecule has 0 bridgehead atoms. The number of carbonyl (C=O) groups excluding carboxylic acids is 1. The second-order valence-corrected chi connectivity index (χ2v) is 44.4. The fourth-order valence-corrected chi connectivity index (χ4v) is 15.8. The fourth-order valence-electron chi connectivity index (χ4n) is 13.2. The Morgan fingerprint density at radius 3 is 1.06 bits per heavy atom. The molecule has 0 radical (unpaired) electrons. The van der Waals surface area contributed by atoms with Gasteiger partial charge < -0.3 is 14.2 Å². The van der Waals surface area contributed by atoms with Crippen LogP contribution in [0.1, 0.15) is 310 Å². The van der Waals surface area contributed by atoms with Gasteiger partial charge in [-0.15, -0.1) is 0 Å². The van der Waals surface area contributed by atoms with Crippen LogP contribution in [0.15, 0.2) is 199 Å². The Labute approximate surface area is 864 Å². The molecule has 8 N–H and O–H groups in total. The van der Waals surface area contributed by atoms with E-state index in [0.717, 1.165) is 69.1 Å². The van der Waals surface area contributed by atoms with Gasteiger partial charge in [0.1, 0.15) is 5.75 Å². The third kappa shape index (κ3) is 73.8. The number of hydrogen-bond acceptors (Lipinski definition) is 18. The van der Waals surface area contributed by atoms with E-state index in [2.05, 4.69) is 251 Å². The molecule has 0 aliphatic rings. The minimum atomic E-state index is -4.43. The van der Waals surface area contributed by atoms with Gasteiger partial charge >= 0.3 is 19.5 Å². The predicted octanol–water partition coefficient (Wildman–Crippen LogP) is 29.7. The standard InChI is InChI=1S/C24H42O4S.3C13H14.C11H15NO4S.C10H14.C9H12O4S.C5H12.C2H6O3S2.3CH4O3S.6CH4/c1-4-6-7-8-9-10-13-16-24-21(3)19-23(20-22(24)5-2)28-17-14-11-12-15-18-29(25,26)27;3*1-3-11-9-8-10(2)12-6-4-5-7-13(11)12;1-3-8(2)11(13)12-9-4-6-10(7-5-9)17(14,15)16;1-3-9(2)10-7-5-4-6-8-10;1-3-8-6-4-5-7(2)9(8)13-14(10,11)12;1-3-5-4-2;1-2-6-7(3,4)5;3*1-5(2,3)4;;;;;;/h19-20H,4-18H2,1-3H3,(H,25,26,27);3*4-9H,3H2,1-2H3;4-8H,3H2,1-2H3,(H,12,13)(H,14,15,16);4-9H,3H2,1-2H3;4-6H,3H2,1-2H3,(H,10,11,12);3-5H2,1-2H3;2H2,1H3,(H,3,4,5);3*1H3,(H,2,3,4);6*1H4. The molecule has 142 heavy (non-hydrogen) atoms. The molecule has 0 aliphatic carbocycles. The molecule has 0 aliphatic heterocycles. The van der Waals surface area contributed by atoms with E-state index in [1.165, 1.54) is 183 Å². The van der Waals surface area contributed by atoms with E-state index in [-0.39, 0.29) is 72.8 Å². The van der Waals surface area contributed by atoms with Crippen LogP contribution >= 0.6 is 10.8 Å². The number of benzene rings is 10. The summed E-state index contributed by atoms with van der Waals surface area (Å²) >= 11 is 0. The third-order valence-corrected chi connectivity index (χ3v) is 24.8. The molecule has 0 saturated heterocycles. The van der Waals surface area contributed by atoms with Gasteiger partial charge in [-0.3, -0.25) is 36.7 Å². The summed E-state index contributed by atoms with van der Waals surface area (Å²) in [6.07, 6.45) is 26.8. The molecule has 0 aromatic heterocycles. The number of rotatable bonds is 33. The van der Waals surface area contributed by atoms with Gasteiger partial charge in [-0.05, 0) is 257 Å². The smallest absolute Gasteiger partial charge is 0.446 e. The van der Waals surface area contributed by atoms with Crippen LogP contribution in [-0.4, -0.2) is 134 Å². The highest BCUT2D eigenvalue weighted by atomic mass is 33.1. The van der Waals surface area contributed by atoms with Crippen molar-refractivity contribution in [3.63, 3.8) is 0 Å². The summed E-state index contributed by atoms with van der Waals surface area (Å²) < 4.78 is 206. The molecular formula is C109H179NO24S8. The molecule has 33 heteroatoms. The van der Waals surface area contributed by atoms with Crippen LogP contribution in [0.4, 0.5) is 5.69 Å². The van der Waals surface area contributed by atoms with E-state index in [4.69, 9.17) is 36.6 Å². The Balaban J connectivity index is -0.000000238. The van der Waals surface area contributed by atoms with E-state index in [9.17, 15) is 63.7 Å². The first kappa shape index (κ1) is 149. The molecule has 0 spiro atoms. The zero-order valence-corrected chi connectivity index (χ0v) is 90.2. The summed E-state index contributed by atoms with van der Waals surface area (Å²) in [5.74, 6) is 1.90.